The second-order valence-corrected chi connectivity index (χ2v) is 9.96. The minimum absolute atomic E-state index is 0.0991. The lowest BCUT2D eigenvalue weighted by molar-refractivity contribution is 0.231. The SMILES string of the molecule is CN(C)c1nc(NC2CCC(NC(=O)NCc3ccc(Br)cc3)CC2)nc2c1CCCC2. The average molecular weight is 501 g/mol. The molecule has 0 saturated heterocycles. The molecule has 4 rings (SSSR count). The quantitative estimate of drug-likeness (QED) is 0.547. The van der Waals surface area contributed by atoms with E-state index in [1.54, 1.807) is 0 Å². The average Bonchev–Trinajstić information content (AvgIpc) is 2.79. The van der Waals surface area contributed by atoms with Crippen LogP contribution < -0.4 is 20.9 Å². The molecule has 0 radical (unpaired) electrons. The highest BCUT2D eigenvalue weighted by Crippen LogP contribution is 2.29. The number of rotatable bonds is 6. The van der Waals surface area contributed by atoms with Crippen molar-refractivity contribution in [3.05, 3.63) is 45.6 Å². The number of hydrogen-bond acceptors (Lipinski definition) is 5. The van der Waals surface area contributed by atoms with E-state index in [2.05, 4.69) is 50.9 Å². The summed E-state index contributed by atoms with van der Waals surface area (Å²) in [5, 5.41) is 9.65. The van der Waals surface area contributed by atoms with E-state index < -0.39 is 0 Å². The zero-order chi connectivity index (χ0) is 22.5. The van der Waals surface area contributed by atoms with Crippen LogP contribution in [0.5, 0.6) is 0 Å². The monoisotopic (exact) mass is 500 g/mol. The number of carbonyl (C=O) groups is 1. The summed E-state index contributed by atoms with van der Waals surface area (Å²) in [6, 6.07) is 8.43. The molecular weight excluding hydrogens is 468 g/mol. The first-order chi connectivity index (χ1) is 15.5. The number of nitrogens with one attached hydrogen (secondary N) is 3. The van der Waals surface area contributed by atoms with Crippen molar-refractivity contribution in [2.75, 3.05) is 24.3 Å². The lowest BCUT2D eigenvalue weighted by atomic mass is 9.91. The Kier molecular flexibility index (Phi) is 7.50. The molecule has 8 heteroatoms. The zero-order valence-corrected chi connectivity index (χ0v) is 20.5. The van der Waals surface area contributed by atoms with E-state index in [0.29, 0.717) is 12.6 Å². The molecule has 2 aliphatic carbocycles. The predicted molar refractivity (Wildman–Crippen MR) is 132 cm³/mol. The van der Waals surface area contributed by atoms with Crippen LogP contribution in [-0.2, 0) is 19.4 Å². The Morgan fingerprint density at radius 2 is 1.72 bits per heavy atom. The van der Waals surface area contributed by atoms with Crippen LogP contribution in [0, 0.1) is 0 Å². The van der Waals surface area contributed by atoms with Gasteiger partial charge in [0.15, 0.2) is 0 Å². The molecule has 32 heavy (non-hydrogen) atoms. The number of amides is 2. The van der Waals surface area contributed by atoms with Gasteiger partial charge < -0.3 is 20.9 Å². The number of aromatic nitrogens is 2. The van der Waals surface area contributed by atoms with Gasteiger partial charge in [0.25, 0.3) is 0 Å². The van der Waals surface area contributed by atoms with Gasteiger partial charge in [0, 0.05) is 42.8 Å². The maximum atomic E-state index is 12.3. The van der Waals surface area contributed by atoms with Crippen LogP contribution in [0.1, 0.15) is 55.3 Å². The number of anilines is 2. The molecule has 2 amide bonds. The van der Waals surface area contributed by atoms with Crippen LogP contribution in [0.4, 0.5) is 16.6 Å². The third-order valence-corrected chi connectivity index (χ3v) is 6.88. The molecular formula is C24H33BrN6O. The van der Waals surface area contributed by atoms with Gasteiger partial charge in [-0.3, -0.25) is 0 Å². The summed E-state index contributed by atoms with van der Waals surface area (Å²) in [7, 11) is 4.11. The summed E-state index contributed by atoms with van der Waals surface area (Å²) in [4.78, 5) is 24.1. The summed E-state index contributed by atoms with van der Waals surface area (Å²) in [6.45, 7) is 0.528. The van der Waals surface area contributed by atoms with Gasteiger partial charge in [0.2, 0.25) is 5.95 Å². The summed E-state index contributed by atoms with van der Waals surface area (Å²) >= 11 is 3.43. The summed E-state index contributed by atoms with van der Waals surface area (Å²) in [5.41, 5.74) is 3.60. The first kappa shape index (κ1) is 22.8. The maximum Gasteiger partial charge on any atom is 0.315 e. The highest BCUT2D eigenvalue weighted by atomic mass is 79.9. The second-order valence-electron chi connectivity index (χ2n) is 9.04. The third kappa shape index (κ3) is 5.91. The van der Waals surface area contributed by atoms with Crippen molar-refractivity contribution < 1.29 is 4.79 Å². The van der Waals surface area contributed by atoms with E-state index in [0.717, 1.165) is 60.3 Å². The van der Waals surface area contributed by atoms with E-state index in [-0.39, 0.29) is 12.1 Å². The molecule has 1 saturated carbocycles. The Hall–Kier alpha value is -2.35. The number of carbonyl (C=O) groups excluding carboxylic acids is 1. The number of benzene rings is 1. The van der Waals surface area contributed by atoms with Crippen molar-refractivity contribution in [3.63, 3.8) is 0 Å². The third-order valence-electron chi connectivity index (χ3n) is 6.35. The summed E-state index contributed by atoms with van der Waals surface area (Å²) < 4.78 is 1.04. The van der Waals surface area contributed by atoms with Gasteiger partial charge in [0.1, 0.15) is 5.82 Å². The Morgan fingerprint density at radius 1 is 1.03 bits per heavy atom. The van der Waals surface area contributed by atoms with Crippen LogP contribution in [0.25, 0.3) is 0 Å². The Labute approximate surface area is 198 Å². The van der Waals surface area contributed by atoms with E-state index in [1.807, 2.05) is 24.3 Å². The van der Waals surface area contributed by atoms with Crippen molar-refractivity contribution in [2.24, 2.45) is 0 Å². The van der Waals surface area contributed by atoms with Gasteiger partial charge in [-0.05, 0) is 69.1 Å². The Morgan fingerprint density at radius 3 is 2.44 bits per heavy atom. The normalized spacial score (nSPS) is 20.2. The fourth-order valence-corrected chi connectivity index (χ4v) is 4.86. The molecule has 2 aliphatic rings. The smallest absolute Gasteiger partial charge is 0.315 e. The molecule has 0 bridgehead atoms. The first-order valence-corrected chi connectivity index (χ1v) is 12.4. The summed E-state index contributed by atoms with van der Waals surface area (Å²) in [5.74, 6) is 1.80. The highest BCUT2D eigenvalue weighted by molar-refractivity contribution is 9.10. The molecule has 1 fully saturated rings. The minimum atomic E-state index is -0.0991. The molecule has 0 unspecified atom stereocenters. The van der Waals surface area contributed by atoms with Crippen LogP contribution in [0.3, 0.4) is 0 Å². The standard InChI is InChI=1S/C24H33BrN6O/c1-31(2)22-20-5-3-4-6-21(20)29-23(30-22)27-18-11-13-19(14-12-18)28-24(32)26-15-16-7-9-17(25)10-8-16/h7-10,18-19H,3-6,11-15H2,1-2H3,(H2,26,28,32)(H,27,29,30). The van der Waals surface area contributed by atoms with Crippen LogP contribution in [0.15, 0.2) is 28.7 Å². The predicted octanol–water partition coefficient (Wildman–Crippen LogP) is 4.41. The fraction of sp³-hybridized carbons (Fsp3) is 0.542. The van der Waals surface area contributed by atoms with Gasteiger partial charge in [0.05, 0.1) is 5.69 Å². The van der Waals surface area contributed by atoms with Gasteiger partial charge in [-0.2, -0.15) is 4.98 Å². The molecule has 3 N–H and O–H groups in total. The van der Waals surface area contributed by atoms with E-state index in [4.69, 9.17) is 9.97 Å². The number of halogens is 1. The van der Waals surface area contributed by atoms with Crippen molar-refractivity contribution >= 4 is 33.7 Å². The molecule has 1 aromatic carbocycles. The van der Waals surface area contributed by atoms with Crippen LogP contribution in [-0.4, -0.2) is 42.2 Å². The van der Waals surface area contributed by atoms with E-state index in [9.17, 15) is 4.79 Å². The maximum absolute atomic E-state index is 12.3. The topological polar surface area (TPSA) is 82.2 Å². The largest absolute Gasteiger partial charge is 0.362 e. The second kappa shape index (κ2) is 10.5. The number of nitrogens with zero attached hydrogens (tertiary/aromatic N) is 3. The van der Waals surface area contributed by atoms with Gasteiger partial charge in [-0.15, -0.1) is 0 Å². The van der Waals surface area contributed by atoms with Gasteiger partial charge in [-0.25, -0.2) is 9.78 Å². The molecule has 7 nitrogen and oxygen atoms in total. The number of aryl methyl sites for hydroxylation is 1. The molecule has 0 spiro atoms. The molecule has 172 valence electrons. The zero-order valence-electron chi connectivity index (χ0n) is 19.0. The molecule has 2 aromatic rings. The van der Waals surface area contributed by atoms with Crippen molar-refractivity contribution in [1.82, 2.24) is 20.6 Å². The van der Waals surface area contributed by atoms with Gasteiger partial charge in [-0.1, -0.05) is 28.1 Å². The summed E-state index contributed by atoms with van der Waals surface area (Å²) in [6.07, 6.45) is 8.44. The molecule has 0 atom stereocenters. The van der Waals surface area contributed by atoms with Crippen LogP contribution in [0.2, 0.25) is 0 Å². The lowest BCUT2D eigenvalue weighted by Gasteiger charge is -2.30. The van der Waals surface area contributed by atoms with Crippen molar-refractivity contribution in [3.8, 4) is 0 Å². The molecule has 1 heterocycles. The lowest BCUT2D eigenvalue weighted by Crippen LogP contribution is -2.44. The first-order valence-electron chi connectivity index (χ1n) is 11.6. The number of urea groups is 1. The Bertz CT molecular complexity index is 925. The molecule has 0 aliphatic heterocycles. The van der Waals surface area contributed by atoms with E-state index in [1.165, 1.54) is 24.1 Å². The fourth-order valence-electron chi connectivity index (χ4n) is 4.59. The number of fused-ring (bicyclic) bond motifs is 1. The number of hydrogen-bond donors (Lipinski definition) is 3. The van der Waals surface area contributed by atoms with E-state index >= 15 is 0 Å². The minimum Gasteiger partial charge on any atom is -0.362 e. The van der Waals surface area contributed by atoms with Crippen molar-refractivity contribution in [1.29, 1.82) is 0 Å². The molecule has 1 aromatic heterocycles. The van der Waals surface area contributed by atoms with Crippen LogP contribution >= 0.6 is 15.9 Å². The van der Waals surface area contributed by atoms with Gasteiger partial charge >= 0.3 is 6.03 Å². The van der Waals surface area contributed by atoms with Crippen molar-refractivity contribution in [2.45, 2.75) is 70.0 Å². The highest BCUT2D eigenvalue weighted by Gasteiger charge is 2.24. The Balaban J connectivity index is 1.25.